The van der Waals surface area contributed by atoms with Crippen molar-refractivity contribution < 1.29 is 0 Å². The molecule has 0 bridgehead atoms. The largest absolute Gasteiger partial charge is 0.208 e. The quantitative estimate of drug-likeness (QED) is 0.127. The molecule has 56 heavy (non-hydrogen) atoms. The van der Waals surface area contributed by atoms with E-state index in [1.165, 1.54) is 37.9 Å². The van der Waals surface area contributed by atoms with Gasteiger partial charge in [-0.25, -0.2) is 15.0 Å². The van der Waals surface area contributed by atoms with Gasteiger partial charge in [0.1, 0.15) is 0 Å². The minimum atomic E-state index is 0.593. The highest BCUT2D eigenvalue weighted by Gasteiger charge is 2.17. The molecule has 0 aliphatic rings. The van der Waals surface area contributed by atoms with Crippen LogP contribution in [0.1, 0.15) is 5.56 Å². The van der Waals surface area contributed by atoms with E-state index in [1.807, 2.05) is 36.4 Å². The fourth-order valence-corrected chi connectivity index (χ4v) is 7.77. The molecule has 10 aromatic rings. The summed E-state index contributed by atoms with van der Waals surface area (Å²) in [6.07, 6.45) is 0. The van der Waals surface area contributed by atoms with Gasteiger partial charge in [-0.3, -0.25) is 0 Å². The minimum absolute atomic E-state index is 0.593. The van der Waals surface area contributed by atoms with Gasteiger partial charge in [0.05, 0.1) is 11.6 Å². The maximum absolute atomic E-state index is 9.26. The van der Waals surface area contributed by atoms with Crippen molar-refractivity contribution in [3.63, 3.8) is 0 Å². The first kappa shape index (κ1) is 32.9. The van der Waals surface area contributed by atoms with E-state index in [9.17, 15) is 5.26 Å². The van der Waals surface area contributed by atoms with Crippen LogP contribution in [0, 0.1) is 11.3 Å². The van der Waals surface area contributed by atoms with Crippen LogP contribution in [-0.4, -0.2) is 15.0 Å². The Morgan fingerprint density at radius 2 is 0.839 bits per heavy atom. The number of benzene rings is 9. The summed E-state index contributed by atoms with van der Waals surface area (Å²) in [6.45, 7) is 0. The summed E-state index contributed by atoms with van der Waals surface area (Å²) in [6, 6.07) is 69.4. The van der Waals surface area contributed by atoms with Gasteiger partial charge in [-0.1, -0.05) is 176 Å². The van der Waals surface area contributed by atoms with Gasteiger partial charge in [-0.2, -0.15) is 5.26 Å². The number of hydrogen-bond acceptors (Lipinski definition) is 4. The van der Waals surface area contributed by atoms with Crippen LogP contribution in [-0.2, 0) is 0 Å². The van der Waals surface area contributed by atoms with E-state index in [2.05, 4.69) is 164 Å². The van der Waals surface area contributed by atoms with Crippen LogP contribution in [0.2, 0.25) is 0 Å². The standard InChI is InChI=1S/C52H32N4/c53-33-34-18-20-35(21-19-34)36-22-26-40(27-23-36)50-54-51(56-52(55-50)47-17-9-8-14-43(47)37-10-2-1-3-11-37)41-28-24-39(25-29-41)49-45-16-7-5-13-42(45)32-48-44-15-6-4-12-38(44)30-31-46(48)49/h1-32H. The summed E-state index contributed by atoms with van der Waals surface area (Å²) in [5.74, 6) is 1.80. The van der Waals surface area contributed by atoms with Crippen molar-refractivity contribution >= 4 is 32.3 Å². The van der Waals surface area contributed by atoms with E-state index < -0.39 is 0 Å². The predicted molar refractivity (Wildman–Crippen MR) is 230 cm³/mol. The van der Waals surface area contributed by atoms with Gasteiger partial charge in [0.15, 0.2) is 17.5 Å². The molecule has 0 aliphatic heterocycles. The van der Waals surface area contributed by atoms with E-state index in [0.29, 0.717) is 23.0 Å². The fourth-order valence-electron chi connectivity index (χ4n) is 7.77. The van der Waals surface area contributed by atoms with Crippen molar-refractivity contribution in [1.29, 1.82) is 5.26 Å². The Kier molecular flexibility index (Phi) is 8.17. The zero-order chi connectivity index (χ0) is 37.4. The monoisotopic (exact) mass is 712 g/mol. The SMILES string of the molecule is N#Cc1ccc(-c2ccc(-c3nc(-c4ccc(-c5c6ccccc6cc6c5ccc5ccccc56)cc4)nc(-c4ccccc4-c4ccccc4)n3)cc2)cc1. The van der Waals surface area contributed by atoms with Crippen molar-refractivity contribution in [3.05, 3.63) is 200 Å². The number of fused-ring (bicyclic) bond motifs is 4. The number of nitrogens with zero attached hydrogens (tertiary/aromatic N) is 4. The highest BCUT2D eigenvalue weighted by Crippen LogP contribution is 2.40. The van der Waals surface area contributed by atoms with Gasteiger partial charge >= 0.3 is 0 Å². The first-order chi connectivity index (χ1) is 27.7. The lowest BCUT2D eigenvalue weighted by Gasteiger charge is -2.15. The molecule has 10 rings (SSSR count). The molecule has 9 aromatic carbocycles. The molecule has 0 amide bonds. The van der Waals surface area contributed by atoms with Crippen molar-refractivity contribution in [2.75, 3.05) is 0 Å². The second-order valence-corrected chi connectivity index (χ2v) is 13.9. The maximum atomic E-state index is 9.26. The Morgan fingerprint density at radius 3 is 1.52 bits per heavy atom. The average molecular weight is 713 g/mol. The molecule has 0 aliphatic carbocycles. The first-order valence-electron chi connectivity index (χ1n) is 18.7. The van der Waals surface area contributed by atoms with Crippen molar-refractivity contribution in [2.45, 2.75) is 0 Å². The minimum Gasteiger partial charge on any atom is -0.208 e. The summed E-state index contributed by atoms with van der Waals surface area (Å²) in [4.78, 5) is 15.4. The van der Waals surface area contributed by atoms with Crippen LogP contribution in [0.15, 0.2) is 194 Å². The smallest absolute Gasteiger partial charge is 0.164 e. The Bertz CT molecular complexity index is 3110. The Hall–Kier alpha value is -7.74. The van der Waals surface area contributed by atoms with Gasteiger partial charge in [-0.15, -0.1) is 0 Å². The van der Waals surface area contributed by atoms with Crippen LogP contribution in [0.25, 0.3) is 99.9 Å². The Balaban J connectivity index is 1.11. The van der Waals surface area contributed by atoms with Crippen molar-refractivity contribution in [3.8, 4) is 73.6 Å². The van der Waals surface area contributed by atoms with E-state index in [4.69, 9.17) is 15.0 Å². The van der Waals surface area contributed by atoms with Gasteiger partial charge < -0.3 is 0 Å². The maximum Gasteiger partial charge on any atom is 0.164 e. The van der Waals surface area contributed by atoms with E-state index >= 15 is 0 Å². The van der Waals surface area contributed by atoms with Crippen LogP contribution < -0.4 is 0 Å². The van der Waals surface area contributed by atoms with Crippen molar-refractivity contribution in [1.82, 2.24) is 15.0 Å². The number of rotatable bonds is 6. The zero-order valence-electron chi connectivity index (χ0n) is 30.3. The average Bonchev–Trinajstić information content (AvgIpc) is 3.28. The van der Waals surface area contributed by atoms with Crippen molar-refractivity contribution in [2.24, 2.45) is 0 Å². The normalized spacial score (nSPS) is 11.2. The molecule has 1 aromatic heterocycles. The third kappa shape index (κ3) is 5.94. The zero-order valence-corrected chi connectivity index (χ0v) is 30.3. The van der Waals surface area contributed by atoms with Gasteiger partial charge in [0.2, 0.25) is 0 Å². The van der Waals surface area contributed by atoms with Gasteiger partial charge in [-0.05, 0) is 83.9 Å². The summed E-state index contributed by atoms with van der Waals surface area (Å²) in [7, 11) is 0. The summed E-state index contributed by atoms with van der Waals surface area (Å²) in [5, 5.41) is 16.6. The molecule has 0 atom stereocenters. The molecule has 0 N–H and O–H groups in total. The van der Waals surface area contributed by atoms with E-state index in [1.54, 1.807) is 0 Å². The van der Waals surface area contributed by atoms with Crippen LogP contribution in [0.5, 0.6) is 0 Å². The molecular formula is C52H32N4. The molecule has 1 heterocycles. The van der Waals surface area contributed by atoms with E-state index in [0.717, 1.165) is 44.5 Å². The van der Waals surface area contributed by atoms with Gasteiger partial charge in [0.25, 0.3) is 0 Å². The molecule has 0 saturated carbocycles. The summed E-state index contributed by atoms with van der Waals surface area (Å²) < 4.78 is 0. The molecule has 0 radical (unpaired) electrons. The summed E-state index contributed by atoms with van der Waals surface area (Å²) in [5.41, 5.74) is 9.94. The second-order valence-electron chi connectivity index (χ2n) is 13.9. The molecule has 0 spiro atoms. The molecular weight excluding hydrogens is 681 g/mol. The predicted octanol–water partition coefficient (Wildman–Crippen LogP) is 13.2. The Labute approximate surface area is 324 Å². The number of aromatic nitrogens is 3. The third-order valence-corrected chi connectivity index (χ3v) is 10.6. The molecule has 260 valence electrons. The topological polar surface area (TPSA) is 62.5 Å². The number of nitriles is 1. The van der Waals surface area contributed by atoms with Crippen LogP contribution in [0.3, 0.4) is 0 Å². The lowest BCUT2D eigenvalue weighted by molar-refractivity contribution is 1.07. The van der Waals surface area contributed by atoms with E-state index in [-0.39, 0.29) is 0 Å². The fraction of sp³-hybridized carbons (Fsp3) is 0. The first-order valence-corrected chi connectivity index (χ1v) is 18.7. The highest BCUT2D eigenvalue weighted by atomic mass is 15.0. The highest BCUT2D eigenvalue weighted by molar-refractivity contribution is 6.20. The van der Waals surface area contributed by atoms with Gasteiger partial charge in [0, 0.05) is 16.7 Å². The molecule has 4 heteroatoms. The van der Waals surface area contributed by atoms with Crippen LogP contribution >= 0.6 is 0 Å². The molecule has 0 saturated heterocycles. The molecule has 0 unspecified atom stereocenters. The lowest BCUT2D eigenvalue weighted by Crippen LogP contribution is -2.01. The van der Waals surface area contributed by atoms with Crippen LogP contribution in [0.4, 0.5) is 0 Å². The second kappa shape index (κ2) is 13.9. The summed E-state index contributed by atoms with van der Waals surface area (Å²) >= 11 is 0. The molecule has 0 fully saturated rings. The molecule has 4 nitrogen and oxygen atoms in total. The number of hydrogen-bond donors (Lipinski definition) is 0. The Morgan fingerprint density at radius 1 is 0.321 bits per heavy atom. The lowest BCUT2D eigenvalue weighted by atomic mass is 9.89. The third-order valence-electron chi connectivity index (χ3n) is 10.6.